The first-order valence-corrected chi connectivity index (χ1v) is 6.05. The Morgan fingerprint density at radius 1 is 1.40 bits per heavy atom. The quantitative estimate of drug-likeness (QED) is 0.650. The second kappa shape index (κ2) is 6.11. The van der Waals surface area contributed by atoms with E-state index in [0.29, 0.717) is 5.92 Å². The van der Waals surface area contributed by atoms with Crippen LogP contribution in [0.5, 0.6) is 0 Å². The summed E-state index contributed by atoms with van der Waals surface area (Å²) in [4.78, 5) is 10.4. The van der Waals surface area contributed by atoms with Gasteiger partial charge >= 0.3 is 5.97 Å². The topological polar surface area (TPSA) is 63.3 Å². The van der Waals surface area contributed by atoms with Crippen LogP contribution in [0, 0.1) is 11.8 Å². The molecule has 1 rings (SSSR count). The first kappa shape index (κ1) is 12.5. The van der Waals surface area contributed by atoms with Gasteiger partial charge in [-0.25, -0.2) is 0 Å². The molecule has 0 heterocycles. The van der Waals surface area contributed by atoms with Gasteiger partial charge in [-0.05, 0) is 24.7 Å². The molecule has 88 valence electrons. The van der Waals surface area contributed by atoms with Gasteiger partial charge in [0.1, 0.15) is 0 Å². The van der Waals surface area contributed by atoms with Crippen molar-refractivity contribution in [1.82, 2.24) is 0 Å². The molecule has 3 heteroatoms. The molecular weight excluding hydrogens is 190 g/mol. The molecule has 2 atom stereocenters. The summed E-state index contributed by atoms with van der Waals surface area (Å²) in [5.41, 5.74) is 5.71. The van der Waals surface area contributed by atoms with Crippen LogP contribution >= 0.6 is 0 Å². The monoisotopic (exact) mass is 213 g/mol. The fraction of sp³-hybridized carbons (Fsp3) is 0.917. The molecule has 15 heavy (non-hydrogen) atoms. The Morgan fingerprint density at radius 2 is 2.07 bits per heavy atom. The molecule has 0 aromatic carbocycles. The summed E-state index contributed by atoms with van der Waals surface area (Å²) in [6.07, 6.45) is 7.50. The highest BCUT2D eigenvalue weighted by molar-refractivity contribution is 5.67. The zero-order valence-electron chi connectivity index (χ0n) is 9.61. The van der Waals surface area contributed by atoms with Crippen molar-refractivity contribution in [3.63, 3.8) is 0 Å². The van der Waals surface area contributed by atoms with Crippen molar-refractivity contribution >= 4 is 5.97 Å². The normalized spacial score (nSPS) is 19.9. The molecule has 1 saturated carbocycles. The van der Waals surface area contributed by atoms with E-state index in [1.165, 1.54) is 25.7 Å². The summed E-state index contributed by atoms with van der Waals surface area (Å²) in [5, 5.41) is 8.55. The van der Waals surface area contributed by atoms with E-state index in [4.69, 9.17) is 10.8 Å². The van der Waals surface area contributed by atoms with Crippen molar-refractivity contribution in [3.05, 3.63) is 0 Å². The first-order valence-electron chi connectivity index (χ1n) is 6.05. The van der Waals surface area contributed by atoms with Gasteiger partial charge in [0.2, 0.25) is 0 Å². The highest BCUT2D eigenvalue weighted by atomic mass is 16.4. The largest absolute Gasteiger partial charge is 0.481 e. The Morgan fingerprint density at radius 3 is 2.60 bits per heavy atom. The van der Waals surface area contributed by atoms with E-state index in [-0.39, 0.29) is 12.5 Å². The molecule has 3 nitrogen and oxygen atoms in total. The Kier molecular flexibility index (Phi) is 5.09. The summed E-state index contributed by atoms with van der Waals surface area (Å²) in [6.45, 7) is 2.25. The van der Waals surface area contributed by atoms with Crippen LogP contribution in [0.1, 0.15) is 51.9 Å². The number of aliphatic carboxylic acids is 1. The predicted molar refractivity (Wildman–Crippen MR) is 60.6 cm³/mol. The smallest absolute Gasteiger partial charge is 0.304 e. The number of hydrogen-bond donors (Lipinski definition) is 2. The van der Waals surface area contributed by atoms with E-state index in [0.717, 1.165) is 18.8 Å². The molecule has 0 saturated heterocycles. The van der Waals surface area contributed by atoms with Gasteiger partial charge in [-0.3, -0.25) is 4.79 Å². The van der Waals surface area contributed by atoms with Crippen molar-refractivity contribution in [2.24, 2.45) is 17.6 Å². The lowest BCUT2D eigenvalue weighted by Crippen LogP contribution is -2.24. The molecule has 0 bridgehead atoms. The van der Waals surface area contributed by atoms with E-state index in [9.17, 15) is 4.79 Å². The van der Waals surface area contributed by atoms with Crippen LogP contribution in [0.2, 0.25) is 0 Å². The third-order valence-electron chi connectivity index (χ3n) is 3.23. The maximum Gasteiger partial charge on any atom is 0.304 e. The third-order valence-corrected chi connectivity index (χ3v) is 3.23. The number of hydrogen-bond acceptors (Lipinski definition) is 2. The number of carbonyl (C=O) groups is 1. The van der Waals surface area contributed by atoms with Crippen LogP contribution in [0.3, 0.4) is 0 Å². The predicted octanol–water partition coefficient (Wildman–Crippen LogP) is 2.39. The van der Waals surface area contributed by atoms with Crippen molar-refractivity contribution in [1.29, 1.82) is 0 Å². The first-order chi connectivity index (χ1) is 7.08. The summed E-state index contributed by atoms with van der Waals surface area (Å²) < 4.78 is 0. The lowest BCUT2D eigenvalue weighted by molar-refractivity contribution is -0.137. The number of carboxylic acids is 1. The second-order valence-corrected chi connectivity index (χ2v) is 5.06. The summed E-state index contributed by atoms with van der Waals surface area (Å²) >= 11 is 0. The Labute approximate surface area is 92.0 Å². The Balaban J connectivity index is 1.98. The van der Waals surface area contributed by atoms with Crippen LogP contribution in [0.25, 0.3) is 0 Å². The van der Waals surface area contributed by atoms with E-state index in [1.807, 2.05) is 0 Å². The van der Waals surface area contributed by atoms with Gasteiger partial charge in [-0.2, -0.15) is 0 Å². The van der Waals surface area contributed by atoms with Gasteiger partial charge in [-0.1, -0.05) is 32.6 Å². The summed E-state index contributed by atoms with van der Waals surface area (Å²) in [6, 6.07) is -0.161. The minimum absolute atomic E-state index is 0.106. The van der Waals surface area contributed by atoms with Gasteiger partial charge in [0.15, 0.2) is 0 Å². The van der Waals surface area contributed by atoms with Crippen LogP contribution in [-0.2, 0) is 4.79 Å². The summed E-state index contributed by atoms with van der Waals surface area (Å²) in [7, 11) is 0. The molecule has 0 amide bonds. The van der Waals surface area contributed by atoms with Gasteiger partial charge in [0, 0.05) is 6.04 Å². The highest BCUT2D eigenvalue weighted by Crippen LogP contribution is 2.35. The van der Waals surface area contributed by atoms with Crippen molar-refractivity contribution < 1.29 is 9.90 Å². The second-order valence-electron chi connectivity index (χ2n) is 5.06. The maximum absolute atomic E-state index is 10.4. The summed E-state index contributed by atoms with van der Waals surface area (Å²) in [5.74, 6) is 0.915. The molecule has 0 radical (unpaired) electrons. The van der Waals surface area contributed by atoms with Gasteiger partial charge in [-0.15, -0.1) is 0 Å². The molecule has 0 aromatic rings. The molecule has 3 N–H and O–H groups in total. The lowest BCUT2D eigenvalue weighted by atomic mass is 9.95. The highest BCUT2D eigenvalue weighted by Gasteiger charge is 2.21. The minimum atomic E-state index is -0.784. The standard InChI is InChI=1S/C12H23NO2/c1-9(2-4-10-5-6-10)3-7-11(13)8-12(14)15/h9-11H,2-8,13H2,1H3,(H,14,15). The van der Waals surface area contributed by atoms with Crippen molar-refractivity contribution in [2.45, 2.75) is 57.9 Å². The zero-order valence-corrected chi connectivity index (χ0v) is 9.61. The number of nitrogens with two attached hydrogens (primary N) is 1. The molecule has 0 aromatic heterocycles. The van der Waals surface area contributed by atoms with E-state index >= 15 is 0 Å². The Bertz CT molecular complexity index is 202. The van der Waals surface area contributed by atoms with Crippen molar-refractivity contribution in [3.8, 4) is 0 Å². The van der Waals surface area contributed by atoms with Crippen LogP contribution in [0.4, 0.5) is 0 Å². The average molecular weight is 213 g/mol. The molecule has 2 unspecified atom stereocenters. The van der Waals surface area contributed by atoms with Crippen LogP contribution in [0.15, 0.2) is 0 Å². The molecule has 0 aliphatic heterocycles. The average Bonchev–Trinajstić information content (AvgIpc) is 2.93. The van der Waals surface area contributed by atoms with E-state index in [2.05, 4.69) is 6.92 Å². The molecule has 1 fully saturated rings. The van der Waals surface area contributed by atoms with Crippen molar-refractivity contribution in [2.75, 3.05) is 0 Å². The number of rotatable bonds is 8. The third kappa shape index (κ3) is 6.50. The SMILES string of the molecule is CC(CCC(N)CC(=O)O)CCC1CC1. The fourth-order valence-electron chi connectivity index (χ4n) is 1.90. The van der Waals surface area contributed by atoms with Crippen LogP contribution < -0.4 is 5.73 Å². The van der Waals surface area contributed by atoms with E-state index < -0.39 is 5.97 Å². The fourth-order valence-corrected chi connectivity index (χ4v) is 1.90. The van der Waals surface area contributed by atoms with Crippen LogP contribution in [-0.4, -0.2) is 17.1 Å². The van der Waals surface area contributed by atoms with Gasteiger partial charge in [0.25, 0.3) is 0 Å². The molecule has 1 aliphatic rings. The Hall–Kier alpha value is -0.570. The lowest BCUT2D eigenvalue weighted by Gasteiger charge is -2.13. The van der Waals surface area contributed by atoms with E-state index in [1.54, 1.807) is 0 Å². The molecule has 0 spiro atoms. The molecular formula is C12H23NO2. The zero-order chi connectivity index (χ0) is 11.3. The maximum atomic E-state index is 10.4. The number of carboxylic acid groups (broad SMARTS) is 1. The van der Waals surface area contributed by atoms with Gasteiger partial charge in [0.05, 0.1) is 6.42 Å². The molecule has 1 aliphatic carbocycles. The van der Waals surface area contributed by atoms with Gasteiger partial charge < -0.3 is 10.8 Å². The minimum Gasteiger partial charge on any atom is -0.481 e.